The Kier molecular flexibility index (Phi) is 4.56. The van der Waals surface area contributed by atoms with E-state index in [0.29, 0.717) is 32.1 Å². The number of hydrogen-bond donors (Lipinski definition) is 0. The van der Waals surface area contributed by atoms with Crippen molar-refractivity contribution in [3.63, 3.8) is 0 Å². The van der Waals surface area contributed by atoms with E-state index in [-0.39, 0.29) is 16.8 Å². The summed E-state index contributed by atoms with van der Waals surface area (Å²) < 4.78 is 5.98. The van der Waals surface area contributed by atoms with Crippen molar-refractivity contribution in [2.75, 3.05) is 0 Å². The SMILES string of the molecule is O=C(c1ccc(Cl)cc1)c1c(-c2ccc(Cl)cc2)oc2ccccc2c1=O. The van der Waals surface area contributed by atoms with Crippen LogP contribution in [-0.4, -0.2) is 5.78 Å². The third kappa shape index (κ3) is 3.27. The van der Waals surface area contributed by atoms with E-state index in [2.05, 4.69) is 0 Å². The molecule has 0 unspecified atom stereocenters. The lowest BCUT2D eigenvalue weighted by atomic mass is 9.97. The highest BCUT2D eigenvalue weighted by Crippen LogP contribution is 2.28. The van der Waals surface area contributed by atoms with Crippen LogP contribution in [0.2, 0.25) is 10.0 Å². The lowest BCUT2D eigenvalue weighted by Crippen LogP contribution is -2.18. The van der Waals surface area contributed by atoms with Crippen molar-refractivity contribution < 1.29 is 9.21 Å². The van der Waals surface area contributed by atoms with Crippen molar-refractivity contribution in [1.82, 2.24) is 0 Å². The van der Waals surface area contributed by atoms with Gasteiger partial charge in [0.2, 0.25) is 11.2 Å². The molecule has 0 aliphatic heterocycles. The van der Waals surface area contributed by atoms with Crippen LogP contribution in [0.25, 0.3) is 22.3 Å². The summed E-state index contributed by atoms with van der Waals surface area (Å²) in [6.45, 7) is 0. The number of rotatable bonds is 3. The molecule has 0 spiro atoms. The second kappa shape index (κ2) is 7.03. The Balaban J connectivity index is 2.02. The Hall–Kier alpha value is -2.88. The predicted octanol–water partition coefficient (Wildman–Crippen LogP) is 6.00. The molecule has 0 N–H and O–H groups in total. The number of carbonyl (C=O) groups is 1. The van der Waals surface area contributed by atoms with Gasteiger partial charge in [0.25, 0.3) is 0 Å². The first kappa shape index (κ1) is 17.5. The topological polar surface area (TPSA) is 47.3 Å². The van der Waals surface area contributed by atoms with Gasteiger partial charge < -0.3 is 4.42 Å². The van der Waals surface area contributed by atoms with Gasteiger partial charge in [-0.1, -0.05) is 35.3 Å². The molecule has 4 rings (SSSR count). The quantitative estimate of drug-likeness (QED) is 0.400. The van der Waals surface area contributed by atoms with Crippen LogP contribution in [-0.2, 0) is 0 Å². The smallest absolute Gasteiger partial charge is 0.204 e. The van der Waals surface area contributed by atoms with Gasteiger partial charge in [-0.3, -0.25) is 9.59 Å². The van der Waals surface area contributed by atoms with E-state index in [1.54, 1.807) is 72.8 Å². The molecule has 3 aromatic carbocycles. The first-order valence-electron chi connectivity index (χ1n) is 8.16. The van der Waals surface area contributed by atoms with Crippen molar-refractivity contribution in [2.45, 2.75) is 0 Å². The van der Waals surface area contributed by atoms with Gasteiger partial charge in [0.05, 0.1) is 5.39 Å². The molecule has 0 saturated heterocycles. The summed E-state index contributed by atoms with van der Waals surface area (Å²) in [7, 11) is 0. The minimum Gasteiger partial charge on any atom is -0.455 e. The molecule has 1 heterocycles. The highest BCUT2D eigenvalue weighted by atomic mass is 35.5. The van der Waals surface area contributed by atoms with Crippen LogP contribution in [0, 0.1) is 0 Å². The zero-order chi connectivity index (χ0) is 19.0. The third-order valence-electron chi connectivity index (χ3n) is 4.24. The lowest BCUT2D eigenvalue weighted by molar-refractivity contribution is 0.103. The van der Waals surface area contributed by atoms with E-state index in [1.165, 1.54) is 0 Å². The highest BCUT2D eigenvalue weighted by molar-refractivity contribution is 6.31. The first-order chi connectivity index (χ1) is 13.0. The fourth-order valence-electron chi connectivity index (χ4n) is 2.90. The van der Waals surface area contributed by atoms with Crippen LogP contribution in [0.4, 0.5) is 0 Å². The molecular formula is C22H12Cl2O3. The fourth-order valence-corrected chi connectivity index (χ4v) is 3.15. The molecule has 0 amide bonds. The van der Waals surface area contributed by atoms with E-state index >= 15 is 0 Å². The molecule has 27 heavy (non-hydrogen) atoms. The van der Waals surface area contributed by atoms with Gasteiger partial charge in [-0.25, -0.2) is 0 Å². The van der Waals surface area contributed by atoms with Crippen LogP contribution < -0.4 is 5.43 Å². The monoisotopic (exact) mass is 394 g/mol. The van der Waals surface area contributed by atoms with E-state index in [4.69, 9.17) is 27.6 Å². The Morgan fingerprint density at radius 1 is 0.778 bits per heavy atom. The van der Waals surface area contributed by atoms with Crippen LogP contribution in [0.3, 0.4) is 0 Å². The maximum absolute atomic E-state index is 13.2. The van der Waals surface area contributed by atoms with Crippen molar-refractivity contribution in [3.8, 4) is 11.3 Å². The molecule has 3 nitrogen and oxygen atoms in total. The van der Waals surface area contributed by atoms with Crippen LogP contribution >= 0.6 is 23.2 Å². The Bertz CT molecular complexity index is 1210. The molecule has 0 aliphatic rings. The van der Waals surface area contributed by atoms with Crippen LogP contribution in [0.1, 0.15) is 15.9 Å². The highest BCUT2D eigenvalue weighted by Gasteiger charge is 2.23. The number of para-hydroxylation sites is 1. The minimum atomic E-state index is -0.420. The summed E-state index contributed by atoms with van der Waals surface area (Å²) >= 11 is 11.9. The van der Waals surface area contributed by atoms with Crippen LogP contribution in [0.5, 0.6) is 0 Å². The maximum Gasteiger partial charge on any atom is 0.204 e. The molecule has 0 aliphatic carbocycles. The molecule has 132 valence electrons. The number of benzene rings is 3. The summed E-state index contributed by atoms with van der Waals surface area (Å²) in [6.07, 6.45) is 0. The fraction of sp³-hybridized carbons (Fsp3) is 0. The van der Waals surface area contributed by atoms with E-state index in [1.807, 2.05) is 0 Å². The largest absolute Gasteiger partial charge is 0.455 e. The number of hydrogen-bond acceptors (Lipinski definition) is 3. The molecule has 0 saturated carbocycles. The zero-order valence-electron chi connectivity index (χ0n) is 13.9. The standard InChI is InChI=1S/C22H12Cl2O3/c23-15-9-5-13(6-10-15)20(25)19-21(26)17-3-1-2-4-18(17)27-22(19)14-7-11-16(24)12-8-14/h1-12H. The summed E-state index contributed by atoms with van der Waals surface area (Å²) in [6, 6.07) is 20.1. The number of ketones is 1. The number of halogens is 2. The summed E-state index contributed by atoms with van der Waals surface area (Å²) in [5.41, 5.74) is 0.983. The van der Waals surface area contributed by atoms with Crippen molar-refractivity contribution in [2.24, 2.45) is 0 Å². The third-order valence-corrected chi connectivity index (χ3v) is 4.74. The molecule has 1 aromatic heterocycles. The molecular weight excluding hydrogens is 383 g/mol. The van der Waals surface area contributed by atoms with Crippen molar-refractivity contribution in [1.29, 1.82) is 0 Å². The van der Waals surface area contributed by atoms with Crippen LogP contribution in [0.15, 0.2) is 82.0 Å². The van der Waals surface area contributed by atoms with Gasteiger partial charge in [-0.2, -0.15) is 0 Å². The Labute approximate surface area is 164 Å². The second-order valence-corrected chi connectivity index (χ2v) is 6.85. The van der Waals surface area contributed by atoms with Gasteiger partial charge >= 0.3 is 0 Å². The molecule has 5 heteroatoms. The first-order valence-corrected chi connectivity index (χ1v) is 8.92. The van der Waals surface area contributed by atoms with Gasteiger partial charge in [0.1, 0.15) is 16.9 Å². The molecule has 4 aromatic rings. The normalized spacial score (nSPS) is 10.9. The van der Waals surface area contributed by atoms with E-state index in [9.17, 15) is 9.59 Å². The lowest BCUT2D eigenvalue weighted by Gasteiger charge is -2.10. The summed E-state index contributed by atoms with van der Waals surface area (Å²) in [5, 5.41) is 1.41. The van der Waals surface area contributed by atoms with Gasteiger partial charge in [-0.05, 0) is 60.7 Å². The number of carbonyl (C=O) groups excluding carboxylic acids is 1. The Morgan fingerprint density at radius 3 is 2.04 bits per heavy atom. The minimum absolute atomic E-state index is 0.0154. The van der Waals surface area contributed by atoms with Gasteiger partial charge in [0, 0.05) is 21.2 Å². The maximum atomic E-state index is 13.2. The van der Waals surface area contributed by atoms with Gasteiger partial charge in [0.15, 0.2) is 0 Å². The van der Waals surface area contributed by atoms with Crippen molar-refractivity contribution in [3.05, 3.63) is 104 Å². The number of fused-ring (bicyclic) bond motifs is 1. The van der Waals surface area contributed by atoms with E-state index < -0.39 is 5.78 Å². The summed E-state index contributed by atoms with van der Waals surface area (Å²) in [4.78, 5) is 26.3. The van der Waals surface area contributed by atoms with E-state index in [0.717, 1.165) is 0 Å². The second-order valence-electron chi connectivity index (χ2n) is 5.97. The average Bonchev–Trinajstić information content (AvgIpc) is 2.69. The van der Waals surface area contributed by atoms with Crippen molar-refractivity contribution >= 4 is 40.0 Å². The summed E-state index contributed by atoms with van der Waals surface area (Å²) in [5.74, 6) is -0.202. The zero-order valence-corrected chi connectivity index (χ0v) is 15.4. The molecule has 0 bridgehead atoms. The Morgan fingerprint density at radius 2 is 1.37 bits per heavy atom. The molecule has 0 radical (unpaired) electrons. The molecule has 0 fully saturated rings. The molecule has 0 atom stereocenters. The van der Waals surface area contributed by atoms with Gasteiger partial charge in [-0.15, -0.1) is 0 Å². The average molecular weight is 395 g/mol. The predicted molar refractivity (Wildman–Crippen MR) is 108 cm³/mol.